The quantitative estimate of drug-likeness (QED) is 0.456. The van der Waals surface area contributed by atoms with E-state index >= 15 is 0 Å². The summed E-state index contributed by atoms with van der Waals surface area (Å²) in [6, 6.07) is 7.73. The van der Waals surface area contributed by atoms with Crippen molar-refractivity contribution in [2.45, 2.75) is 6.92 Å². The Kier molecular flexibility index (Phi) is 3.08. The number of benzene rings is 1. The lowest BCUT2D eigenvalue weighted by atomic mass is 10.2. The van der Waals surface area contributed by atoms with Gasteiger partial charge in [0, 0.05) is 22.8 Å². The fraction of sp³-hybridized carbons (Fsp3) is 0.0714. The number of nitrogens with zero attached hydrogens (tertiary/aromatic N) is 5. The minimum atomic E-state index is 0.365. The van der Waals surface area contributed by atoms with Gasteiger partial charge in [0.25, 0.3) is 0 Å². The van der Waals surface area contributed by atoms with Crippen LogP contribution < -0.4 is 10.6 Å². The van der Waals surface area contributed by atoms with Gasteiger partial charge in [-0.15, -0.1) is 5.10 Å². The molecule has 0 fully saturated rings. The summed E-state index contributed by atoms with van der Waals surface area (Å²) in [5, 5.41) is 29.0. The van der Waals surface area contributed by atoms with Crippen molar-refractivity contribution in [2.75, 3.05) is 10.6 Å². The zero-order chi connectivity index (χ0) is 15.6. The first-order chi connectivity index (χ1) is 11.3. The second-order valence-corrected chi connectivity index (χ2v) is 5.02. The molecule has 9 nitrogen and oxygen atoms in total. The van der Waals surface area contributed by atoms with E-state index in [9.17, 15) is 0 Å². The Morgan fingerprint density at radius 3 is 2.83 bits per heavy atom. The first-order valence-electron chi connectivity index (χ1n) is 6.95. The SMILES string of the molecule is Cc1cc(Nc2nncc(Nc3ccc4cn[nH]c4c3)n2)n[nH]1. The van der Waals surface area contributed by atoms with Crippen molar-refractivity contribution in [1.29, 1.82) is 0 Å². The van der Waals surface area contributed by atoms with Crippen LogP contribution in [0, 0.1) is 6.92 Å². The fourth-order valence-corrected chi connectivity index (χ4v) is 2.18. The Morgan fingerprint density at radius 1 is 1.00 bits per heavy atom. The third-order valence-corrected chi connectivity index (χ3v) is 3.22. The molecule has 0 bridgehead atoms. The molecule has 4 aromatic rings. The van der Waals surface area contributed by atoms with Gasteiger partial charge >= 0.3 is 0 Å². The second-order valence-electron chi connectivity index (χ2n) is 5.02. The summed E-state index contributed by atoms with van der Waals surface area (Å²) in [4.78, 5) is 4.36. The smallest absolute Gasteiger partial charge is 0.250 e. The molecular weight excluding hydrogens is 294 g/mol. The maximum Gasteiger partial charge on any atom is 0.250 e. The lowest BCUT2D eigenvalue weighted by Gasteiger charge is -2.06. The van der Waals surface area contributed by atoms with Crippen molar-refractivity contribution in [3.05, 3.63) is 42.4 Å². The summed E-state index contributed by atoms with van der Waals surface area (Å²) in [6.45, 7) is 1.92. The lowest BCUT2D eigenvalue weighted by Crippen LogP contribution is -2.02. The number of hydrogen-bond donors (Lipinski definition) is 4. The highest BCUT2D eigenvalue weighted by molar-refractivity contribution is 5.82. The Balaban J connectivity index is 1.55. The number of aryl methyl sites for hydroxylation is 1. The van der Waals surface area contributed by atoms with E-state index in [-0.39, 0.29) is 0 Å². The van der Waals surface area contributed by atoms with Crippen LogP contribution in [0.4, 0.5) is 23.3 Å². The van der Waals surface area contributed by atoms with Gasteiger partial charge in [-0.2, -0.15) is 20.3 Å². The molecule has 0 aliphatic rings. The number of H-pyrrole nitrogens is 2. The Labute approximate surface area is 130 Å². The number of fused-ring (bicyclic) bond motifs is 1. The summed E-state index contributed by atoms with van der Waals surface area (Å²) in [5.41, 5.74) is 2.77. The zero-order valence-corrected chi connectivity index (χ0v) is 12.2. The van der Waals surface area contributed by atoms with E-state index in [1.54, 1.807) is 12.4 Å². The van der Waals surface area contributed by atoms with Crippen LogP contribution in [-0.4, -0.2) is 35.6 Å². The Morgan fingerprint density at radius 2 is 1.96 bits per heavy atom. The molecule has 114 valence electrons. The summed E-state index contributed by atoms with van der Waals surface area (Å²) >= 11 is 0. The van der Waals surface area contributed by atoms with Crippen molar-refractivity contribution in [3.8, 4) is 0 Å². The van der Waals surface area contributed by atoms with E-state index in [0.29, 0.717) is 17.6 Å². The van der Waals surface area contributed by atoms with Crippen LogP contribution in [0.5, 0.6) is 0 Å². The molecule has 0 aliphatic carbocycles. The van der Waals surface area contributed by atoms with Crippen LogP contribution in [0.3, 0.4) is 0 Å². The van der Waals surface area contributed by atoms with Gasteiger partial charge in [0.1, 0.15) is 0 Å². The van der Waals surface area contributed by atoms with Crippen molar-refractivity contribution in [3.63, 3.8) is 0 Å². The monoisotopic (exact) mass is 307 g/mol. The van der Waals surface area contributed by atoms with E-state index in [4.69, 9.17) is 0 Å². The zero-order valence-electron chi connectivity index (χ0n) is 12.2. The molecule has 0 spiro atoms. The van der Waals surface area contributed by atoms with Crippen molar-refractivity contribution < 1.29 is 0 Å². The topological polar surface area (TPSA) is 120 Å². The maximum absolute atomic E-state index is 4.36. The molecule has 0 saturated heterocycles. The number of aromatic amines is 2. The normalized spacial score (nSPS) is 10.8. The molecule has 23 heavy (non-hydrogen) atoms. The highest BCUT2D eigenvalue weighted by Gasteiger charge is 2.05. The highest BCUT2D eigenvalue weighted by Crippen LogP contribution is 2.20. The van der Waals surface area contributed by atoms with Crippen LogP contribution in [0.1, 0.15) is 5.69 Å². The van der Waals surface area contributed by atoms with Crippen LogP contribution in [0.15, 0.2) is 36.7 Å². The van der Waals surface area contributed by atoms with Crippen molar-refractivity contribution in [1.82, 2.24) is 35.6 Å². The summed E-state index contributed by atoms with van der Waals surface area (Å²) in [5.74, 6) is 1.58. The Bertz CT molecular complexity index is 955. The van der Waals surface area contributed by atoms with Crippen LogP contribution in [0.25, 0.3) is 10.9 Å². The van der Waals surface area contributed by atoms with Gasteiger partial charge in [0.2, 0.25) is 5.95 Å². The predicted molar refractivity (Wildman–Crippen MR) is 85.8 cm³/mol. The van der Waals surface area contributed by atoms with Crippen LogP contribution in [0.2, 0.25) is 0 Å². The standard InChI is InChI=1S/C14H13N9/c1-8-4-12(22-20-8)18-14-19-13(7-16-23-14)17-10-3-2-9-6-15-21-11(9)5-10/h2-7H,1H3,(H,15,21)(H3,17,18,19,20,22,23). The molecule has 0 aliphatic heterocycles. The molecule has 9 heteroatoms. The second kappa shape index (κ2) is 5.37. The maximum atomic E-state index is 4.36. The molecule has 0 radical (unpaired) electrons. The van der Waals surface area contributed by atoms with E-state index in [2.05, 4.69) is 46.2 Å². The van der Waals surface area contributed by atoms with Gasteiger partial charge in [-0.1, -0.05) is 0 Å². The number of hydrogen-bond acceptors (Lipinski definition) is 7. The first-order valence-corrected chi connectivity index (χ1v) is 6.95. The van der Waals surface area contributed by atoms with Gasteiger partial charge in [0.15, 0.2) is 11.6 Å². The van der Waals surface area contributed by atoms with Crippen LogP contribution >= 0.6 is 0 Å². The van der Waals surface area contributed by atoms with E-state index < -0.39 is 0 Å². The molecule has 0 amide bonds. The summed E-state index contributed by atoms with van der Waals surface area (Å²) in [7, 11) is 0. The van der Waals surface area contributed by atoms with Crippen molar-refractivity contribution in [2.24, 2.45) is 0 Å². The summed E-state index contributed by atoms with van der Waals surface area (Å²) in [6.07, 6.45) is 3.33. The number of nitrogens with one attached hydrogen (secondary N) is 4. The molecule has 4 N–H and O–H groups in total. The van der Waals surface area contributed by atoms with Gasteiger partial charge in [0.05, 0.1) is 17.9 Å². The van der Waals surface area contributed by atoms with Gasteiger partial charge in [-0.25, -0.2) is 0 Å². The number of anilines is 4. The molecule has 0 unspecified atom stereocenters. The minimum Gasteiger partial charge on any atom is -0.339 e. The van der Waals surface area contributed by atoms with Crippen molar-refractivity contribution >= 4 is 34.2 Å². The minimum absolute atomic E-state index is 0.365. The first kappa shape index (κ1) is 13.2. The highest BCUT2D eigenvalue weighted by atomic mass is 15.3. The molecule has 3 heterocycles. The van der Waals surface area contributed by atoms with E-state index in [1.165, 1.54) is 0 Å². The Hall–Kier alpha value is -3.49. The third kappa shape index (κ3) is 2.79. The molecule has 4 rings (SSSR count). The average Bonchev–Trinajstić information content (AvgIpc) is 3.16. The van der Waals surface area contributed by atoms with Gasteiger partial charge in [-0.3, -0.25) is 10.2 Å². The molecule has 3 aromatic heterocycles. The van der Waals surface area contributed by atoms with Crippen LogP contribution in [-0.2, 0) is 0 Å². The molecule has 1 aromatic carbocycles. The average molecular weight is 307 g/mol. The third-order valence-electron chi connectivity index (χ3n) is 3.22. The van der Waals surface area contributed by atoms with E-state index in [1.807, 2.05) is 31.2 Å². The lowest BCUT2D eigenvalue weighted by molar-refractivity contribution is 0.974. The van der Waals surface area contributed by atoms with Gasteiger partial charge < -0.3 is 10.6 Å². The summed E-state index contributed by atoms with van der Waals surface area (Å²) < 4.78 is 0. The largest absolute Gasteiger partial charge is 0.339 e. The van der Waals surface area contributed by atoms with E-state index in [0.717, 1.165) is 22.3 Å². The fourth-order valence-electron chi connectivity index (χ4n) is 2.18. The number of aromatic nitrogens is 7. The molecule has 0 atom stereocenters. The molecule has 0 saturated carbocycles. The number of rotatable bonds is 4. The van der Waals surface area contributed by atoms with Gasteiger partial charge in [-0.05, 0) is 25.1 Å². The predicted octanol–water partition coefficient (Wildman–Crippen LogP) is 2.27. The molecular formula is C14H13N9.